The molecule has 0 spiro atoms. The highest BCUT2D eigenvalue weighted by molar-refractivity contribution is 6.62. The minimum Gasteiger partial charge on any atom is -0.534 e. The summed E-state index contributed by atoms with van der Waals surface area (Å²) in [5, 5.41) is 13.3. The van der Waals surface area contributed by atoms with Crippen LogP contribution in [0.1, 0.15) is 59.9 Å². The van der Waals surface area contributed by atoms with Gasteiger partial charge in [0.15, 0.2) is 0 Å². The molecule has 6 nitrogen and oxygen atoms in total. The number of benzene rings is 1. The molecule has 1 saturated carbocycles. The van der Waals surface area contributed by atoms with Gasteiger partial charge in [-0.15, -0.1) is 0 Å². The summed E-state index contributed by atoms with van der Waals surface area (Å²) in [5.41, 5.74) is -0.834. The third-order valence-corrected chi connectivity index (χ3v) is 5.16. The van der Waals surface area contributed by atoms with Crippen molar-refractivity contribution in [2.75, 3.05) is 0 Å². The Bertz CT molecular complexity index is 771. The van der Waals surface area contributed by atoms with E-state index in [1.165, 1.54) is 0 Å². The summed E-state index contributed by atoms with van der Waals surface area (Å²) >= 11 is 0. The van der Waals surface area contributed by atoms with E-state index in [1.54, 1.807) is 6.92 Å². The molecule has 2 N–H and O–H groups in total. The van der Waals surface area contributed by atoms with Gasteiger partial charge in [-0.1, -0.05) is 30.8 Å². The van der Waals surface area contributed by atoms with Crippen LogP contribution in [0.3, 0.4) is 0 Å². The van der Waals surface area contributed by atoms with Crippen LogP contribution in [0.5, 0.6) is 0 Å². The summed E-state index contributed by atoms with van der Waals surface area (Å²) < 4.78 is 17.1. The summed E-state index contributed by atoms with van der Waals surface area (Å²) in [5.74, 6) is 0.597. The van der Waals surface area contributed by atoms with Crippen LogP contribution in [0, 0.1) is 0 Å². The van der Waals surface area contributed by atoms with Crippen molar-refractivity contribution in [2.24, 2.45) is 0 Å². The zero-order valence-electron chi connectivity index (χ0n) is 17.6. The molecular weight excluding hydrogens is 357 g/mol. The van der Waals surface area contributed by atoms with Gasteiger partial charge in [-0.25, -0.2) is 4.79 Å². The second-order valence-corrected chi connectivity index (χ2v) is 9.68. The van der Waals surface area contributed by atoms with Crippen molar-refractivity contribution >= 4 is 18.7 Å². The number of carbonyl (C=O) groups is 1. The minimum absolute atomic E-state index is 0.416. The Morgan fingerprint density at radius 2 is 1.79 bits per heavy atom. The molecule has 2 aliphatic rings. The predicted molar refractivity (Wildman–Crippen MR) is 108 cm³/mol. The lowest BCUT2D eigenvalue weighted by Crippen LogP contribution is -2.62. The van der Waals surface area contributed by atoms with E-state index < -0.39 is 35.6 Å². The summed E-state index contributed by atoms with van der Waals surface area (Å²) in [6.07, 6.45) is 0.338. The first-order chi connectivity index (χ1) is 12.7. The number of alkyl carbamates (subject to hydrolysis) is 1. The van der Waals surface area contributed by atoms with Gasteiger partial charge in [-0.2, -0.15) is 0 Å². The standard InChI is InChI=1S/C21H30BNO5/c1-14-19(5,6)28-22(27-14)16-10-8-15(9-11-16)21(12-20(7,25)13-21)23-17(24)26-18(2,3)4/h8-11,25H,1,12-13H2,2-7H3,(H,23,24)/t20-,21-. The second-order valence-electron chi connectivity index (χ2n) is 9.68. The summed E-state index contributed by atoms with van der Waals surface area (Å²) in [4.78, 5) is 12.4. The van der Waals surface area contributed by atoms with Crippen LogP contribution >= 0.6 is 0 Å². The van der Waals surface area contributed by atoms with Crippen LogP contribution < -0.4 is 10.8 Å². The predicted octanol–water partition coefficient (Wildman–Crippen LogP) is 2.99. The first-order valence-corrected chi connectivity index (χ1v) is 9.59. The largest absolute Gasteiger partial charge is 0.563 e. The van der Waals surface area contributed by atoms with Crippen LogP contribution in [0.4, 0.5) is 4.79 Å². The number of carbonyl (C=O) groups excluding carboxylic acids is 1. The molecule has 0 bridgehead atoms. The molecule has 1 aliphatic carbocycles. The van der Waals surface area contributed by atoms with Crippen LogP contribution in [0.2, 0.25) is 0 Å². The molecular formula is C21H30BNO5. The van der Waals surface area contributed by atoms with Crippen molar-refractivity contribution in [1.29, 1.82) is 0 Å². The molecule has 0 radical (unpaired) electrons. The Balaban J connectivity index is 1.79. The van der Waals surface area contributed by atoms with E-state index in [-0.39, 0.29) is 0 Å². The van der Waals surface area contributed by atoms with Crippen LogP contribution in [-0.2, 0) is 19.6 Å². The molecule has 1 aromatic carbocycles. The molecule has 0 aromatic heterocycles. The number of aliphatic hydroxyl groups is 1. The Hall–Kier alpha value is -1.99. The number of rotatable bonds is 3. The molecule has 1 amide bonds. The number of hydrogen-bond acceptors (Lipinski definition) is 5. The quantitative estimate of drug-likeness (QED) is 0.780. The number of hydrogen-bond donors (Lipinski definition) is 2. The summed E-state index contributed by atoms with van der Waals surface area (Å²) in [7, 11) is -0.504. The average molecular weight is 387 g/mol. The second kappa shape index (κ2) is 6.53. The third-order valence-electron chi connectivity index (χ3n) is 5.16. The first kappa shape index (κ1) is 20.7. The molecule has 0 atom stereocenters. The van der Waals surface area contributed by atoms with E-state index in [0.29, 0.717) is 18.6 Å². The Kier molecular flexibility index (Phi) is 4.83. The van der Waals surface area contributed by atoms with Crippen molar-refractivity contribution in [2.45, 2.75) is 76.7 Å². The maximum atomic E-state index is 12.4. The van der Waals surface area contributed by atoms with Crippen molar-refractivity contribution in [1.82, 2.24) is 5.32 Å². The van der Waals surface area contributed by atoms with E-state index in [2.05, 4.69) is 11.9 Å². The van der Waals surface area contributed by atoms with Crippen LogP contribution in [0.25, 0.3) is 0 Å². The molecule has 0 unspecified atom stereocenters. The van der Waals surface area contributed by atoms with Crippen molar-refractivity contribution in [3.05, 3.63) is 42.2 Å². The number of nitrogens with one attached hydrogen (secondary N) is 1. The highest BCUT2D eigenvalue weighted by Gasteiger charge is 2.53. The average Bonchev–Trinajstić information content (AvgIpc) is 2.77. The van der Waals surface area contributed by atoms with Crippen molar-refractivity contribution in [3.63, 3.8) is 0 Å². The Morgan fingerprint density at radius 1 is 1.21 bits per heavy atom. The Morgan fingerprint density at radius 3 is 2.21 bits per heavy atom. The van der Waals surface area contributed by atoms with E-state index in [4.69, 9.17) is 14.0 Å². The molecule has 3 rings (SSSR count). The molecule has 1 heterocycles. The maximum Gasteiger partial charge on any atom is 0.563 e. The van der Waals surface area contributed by atoms with Crippen molar-refractivity contribution < 1.29 is 23.9 Å². The van der Waals surface area contributed by atoms with Crippen LogP contribution in [-0.4, -0.2) is 35.1 Å². The van der Waals surface area contributed by atoms with Gasteiger partial charge in [-0.3, -0.25) is 0 Å². The molecule has 1 saturated heterocycles. The van der Waals surface area contributed by atoms with E-state index in [9.17, 15) is 9.90 Å². The lowest BCUT2D eigenvalue weighted by atomic mass is 9.62. The highest BCUT2D eigenvalue weighted by atomic mass is 16.7. The van der Waals surface area contributed by atoms with Gasteiger partial charge in [0, 0.05) is 12.8 Å². The van der Waals surface area contributed by atoms with Gasteiger partial charge in [0.1, 0.15) is 11.2 Å². The lowest BCUT2D eigenvalue weighted by Gasteiger charge is -2.52. The fraction of sp³-hybridized carbons (Fsp3) is 0.571. The maximum absolute atomic E-state index is 12.4. The van der Waals surface area contributed by atoms with Gasteiger partial charge in [0.05, 0.1) is 16.9 Å². The summed E-state index contributed by atoms with van der Waals surface area (Å²) in [6, 6.07) is 7.70. The fourth-order valence-electron chi connectivity index (χ4n) is 3.84. The molecule has 2 fully saturated rings. The molecule has 152 valence electrons. The summed E-state index contributed by atoms with van der Waals surface area (Å²) in [6.45, 7) is 15.0. The van der Waals surface area contributed by atoms with Gasteiger partial charge >= 0.3 is 13.2 Å². The molecule has 28 heavy (non-hydrogen) atoms. The van der Waals surface area contributed by atoms with Crippen molar-refractivity contribution in [3.8, 4) is 0 Å². The van der Waals surface area contributed by atoms with Crippen LogP contribution in [0.15, 0.2) is 36.6 Å². The highest BCUT2D eigenvalue weighted by Crippen LogP contribution is 2.48. The van der Waals surface area contributed by atoms with E-state index in [0.717, 1.165) is 11.0 Å². The van der Waals surface area contributed by atoms with Gasteiger partial charge in [0.25, 0.3) is 0 Å². The third kappa shape index (κ3) is 4.20. The van der Waals surface area contributed by atoms with E-state index >= 15 is 0 Å². The molecule has 1 aromatic rings. The van der Waals surface area contributed by atoms with Gasteiger partial charge < -0.3 is 24.5 Å². The smallest absolute Gasteiger partial charge is 0.534 e. The van der Waals surface area contributed by atoms with E-state index in [1.807, 2.05) is 58.9 Å². The fourth-order valence-corrected chi connectivity index (χ4v) is 3.84. The monoisotopic (exact) mass is 387 g/mol. The number of amides is 1. The van der Waals surface area contributed by atoms with Gasteiger partial charge in [0.2, 0.25) is 0 Å². The SMILES string of the molecule is C=C1OB(c2ccc([C@]3(NC(=O)OC(C)(C)C)C[C@](C)(O)C3)cc2)OC1(C)C. The number of ether oxygens (including phenoxy) is 1. The molecule has 1 aliphatic heterocycles. The normalized spacial score (nSPS) is 29.1. The Labute approximate surface area is 167 Å². The molecule has 7 heteroatoms. The topological polar surface area (TPSA) is 77.0 Å². The van der Waals surface area contributed by atoms with Gasteiger partial charge in [-0.05, 0) is 52.6 Å². The zero-order valence-corrected chi connectivity index (χ0v) is 17.6. The minimum atomic E-state index is -0.826. The lowest BCUT2D eigenvalue weighted by molar-refractivity contribution is -0.0892. The first-order valence-electron chi connectivity index (χ1n) is 9.59. The zero-order chi connectivity index (χ0) is 21.0.